The highest BCUT2D eigenvalue weighted by Gasteiger charge is 2.17. The molecule has 0 radical (unpaired) electrons. The van der Waals surface area contributed by atoms with Crippen LogP contribution in [0.25, 0.3) is 0 Å². The van der Waals surface area contributed by atoms with Crippen LogP contribution in [0.5, 0.6) is 0 Å². The lowest BCUT2D eigenvalue weighted by atomic mass is 10.3. The van der Waals surface area contributed by atoms with E-state index in [-0.39, 0.29) is 0 Å². The molecule has 1 aromatic rings. The molecule has 17 heavy (non-hydrogen) atoms. The van der Waals surface area contributed by atoms with E-state index in [4.69, 9.17) is 4.74 Å². The molecule has 1 fully saturated rings. The van der Waals surface area contributed by atoms with Gasteiger partial charge in [0.25, 0.3) is 5.91 Å². The Morgan fingerprint density at radius 1 is 1.41 bits per heavy atom. The number of amides is 1. The average Bonchev–Trinajstić information content (AvgIpc) is 2.29. The van der Waals surface area contributed by atoms with Crippen molar-refractivity contribution in [3.05, 3.63) is 27.6 Å². The van der Waals surface area contributed by atoms with Crippen molar-refractivity contribution in [2.24, 2.45) is 4.36 Å². The third-order valence-electron chi connectivity index (χ3n) is 2.29. The van der Waals surface area contributed by atoms with E-state index in [1.54, 1.807) is 12.3 Å². The van der Waals surface area contributed by atoms with Crippen molar-refractivity contribution in [3.63, 3.8) is 0 Å². The fourth-order valence-electron chi connectivity index (χ4n) is 1.41. The van der Waals surface area contributed by atoms with Crippen molar-refractivity contribution in [2.45, 2.75) is 0 Å². The third-order valence-corrected chi connectivity index (χ3v) is 4.99. The Hall–Kier alpha value is -0.540. The minimum absolute atomic E-state index is 0.329. The van der Waals surface area contributed by atoms with Gasteiger partial charge in [0.2, 0.25) is 0 Å². The van der Waals surface area contributed by atoms with E-state index in [2.05, 4.69) is 31.9 Å². The van der Waals surface area contributed by atoms with Crippen LogP contribution in [0.3, 0.4) is 0 Å². The van der Waals surface area contributed by atoms with E-state index in [1.807, 2.05) is 0 Å². The summed E-state index contributed by atoms with van der Waals surface area (Å²) in [5.74, 6) is 0.203. The maximum Gasteiger partial charge on any atom is 0.286 e. The van der Waals surface area contributed by atoms with Crippen molar-refractivity contribution in [3.8, 4) is 0 Å². The maximum atomic E-state index is 12.2. The molecule has 2 heterocycles. The minimum atomic E-state index is -2.43. The molecule has 7 heteroatoms. The Bertz CT molecular complexity index is 540. The summed E-state index contributed by atoms with van der Waals surface area (Å²) < 4.78 is 22.0. The number of halogens is 1. The van der Waals surface area contributed by atoms with Crippen molar-refractivity contribution in [1.82, 2.24) is 4.98 Å². The molecule has 5 nitrogen and oxygen atoms in total. The highest BCUT2D eigenvalue weighted by atomic mass is 127. The third kappa shape index (κ3) is 3.46. The summed E-state index contributed by atoms with van der Waals surface area (Å²) in [4.78, 5) is 15.8. The van der Waals surface area contributed by atoms with Gasteiger partial charge in [-0.1, -0.05) is 0 Å². The van der Waals surface area contributed by atoms with Crippen molar-refractivity contribution in [2.75, 3.05) is 24.7 Å². The zero-order valence-corrected chi connectivity index (χ0v) is 11.9. The minimum Gasteiger partial charge on any atom is -0.379 e. The number of hydrogen-bond donors (Lipinski definition) is 0. The van der Waals surface area contributed by atoms with E-state index in [9.17, 15) is 9.00 Å². The molecule has 2 rings (SSSR count). The average molecular weight is 366 g/mol. The lowest BCUT2D eigenvalue weighted by Gasteiger charge is -2.15. The van der Waals surface area contributed by atoms with Crippen LogP contribution >= 0.6 is 22.6 Å². The molecule has 92 valence electrons. The quantitative estimate of drug-likeness (QED) is 0.704. The van der Waals surface area contributed by atoms with E-state index >= 15 is 0 Å². The monoisotopic (exact) mass is 366 g/mol. The molecule has 1 saturated heterocycles. The van der Waals surface area contributed by atoms with Gasteiger partial charge in [-0.3, -0.25) is 9.78 Å². The first-order valence-corrected chi connectivity index (χ1v) is 7.97. The van der Waals surface area contributed by atoms with Gasteiger partial charge in [-0.15, -0.1) is 0 Å². The normalized spacial score (nSPS) is 18.6. The predicted octanol–water partition coefficient (Wildman–Crippen LogP) is 1.32. The summed E-state index contributed by atoms with van der Waals surface area (Å²) >= 11 is 2.07. The summed E-state index contributed by atoms with van der Waals surface area (Å²) in [6, 6.07) is 1.68. The molecular weight excluding hydrogens is 355 g/mol. The molecule has 1 amide bonds. The maximum absolute atomic E-state index is 12.2. The number of hydrogen-bond acceptors (Lipinski definition) is 4. The highest BCUT2D eigenvalue weighted by molar-refractivity contribution is 14.1. The van der Waals surface area contributed by atoms with Crippen molar-refractivity contribution < 1.29 is 13.7 Å². The second kappa shape index (κ2) is 5.40. The van der Waals surface area contributed by atoms with Gasteiger partial charge in [-0.25, -0.2) is 4.21 Å². The molecule has 0 aliphatic carbocycles. The SMILES string of the molecule is O=C(N=S1(=O)CCOCC1)c1cncc(I)c1. The number of nitrogens with zero attached hydrogens (tertiary/aromatic N) is 2. The topological polar surface area (TPSA) is 68.6 Å². The van der Waals surface area contributed by atoms with Crippen LogP contribution in [-0.2, 0) is 14.5 Å². The molecule has 0 atom stereocenters. The summed E-state index contributed by atoms with van der Waals surface area (Å²) in [5.41, 5.74) is 0.381. The largest absolute Gasteiger partial charge is 0.379 e. The Morgan fingerprint density at radius 3 is 2.76 bits per heavy atom. The van der Waals surface area contributed by atoms with Gasteiger partial charge < -0.3 is 4.74 Å². The zero-order chi connectivity index (χ0) is 12.3. The molecule has 0 saturated carbocycles. The number of pyridine rings is 1. The Balaban J connectivity index is 2.27. The van der Waals surface area contributed by atoms with Gasteiger partial charge in [0.05, 0.1) is 40.0 Å². The smallest absolute Gasteiger partial charge is 0.286 e. The molecule has 1 aliphatic heterocycles. The van der Waals surface area contributed by atoms with Gasteiger partial charge >= 0.3 is 0 Å². The van der Waals surface area contributed by atoms with Crippen molar-refractivity contribution in [1.29, 1.82) is 0 Å². The number of carbonyl (C=O) groups is 1. The number of carbonyl (C=O) groups excluding carboxylic acids is 1. The van der Waals surface area contributed by atoms with Gasteiger partial charge in [0, 0.05) is 16.0 Å². The van der Waals surface area contributed by atoms with Crippen molar-refractivity contribution >= 4 is 38.2 Å². The molecule has 0 aromatic carbocycles. The molecule has 1 aromatic heterocycles. The second-order valence-corrected chi connectivity index (χ2v) is 7.37. The van der Waals surface area contributed by atoms with Crippen LogP contribution in [-0.4, -0.2) is 39.8 Å². The summed E-state index contributed by atoms with van der Waals surface area (Å²) in [5, 5.41) is 0. The number of ether oxygens (including phenoxy) is 1. The molecular formula is C10H11IN2O3S. The Labute approximate surface area is 113 Å². The first-order chi connectivity index (χ1) is 8.09. The van der Waals surface area contributed by atoms with Gasteiger partial charge in [-0.05, 0) is 28.7 Å². The Kier molecular flexibility index (Phi) is 4.10. The standard InChI is InChI=1S/C10H11IN2O3S/c11-9-5-8(6-12-7-9)10(14)13-17(15)3-1-16-2-4-17/h5-7H,1-4H2. The molecule has 0 unspecified atom stereocenters. The fraction of sp³-hybridized carbons (Fsp3) is 0.400. The van der Waals surface area contributed by atoms with E-state index in [0.717, 1.165) is 3.57 Å². The summed E-state index contributed by atoms with van der Waals surface area (Å²) in [6.07, 6.45) is 3.09. The van der Waals surface area contributed by atoms with Crippen LogP contribution in [0.4, 0.5) is 0 Å². The molecule has 0 spiro atoms. The molecule has 1 aliphatic rings. The van der Waals surface area contributed by atoms with Gasteiger partial charge in [0.15, 0.2) is 0 Å². The molecule has 0 bridgehead atoms. The van der Waals surface area contributed by atoms with E-state index in [0.29, 0.717) is 30.3 Å². The fourth-order valence-corrected chi connectivity index (χ4v) is 3.45. The lowest BCUT2D eigenvalue weighted by molar-refractivity contribution is 0.100. The summed E-state index contributed by atoms with van der Waals surface area (Å²) in [7, 11) is -2.43. The highest BCUT2D eigenvalue weighted by Crippen LogP contribution is 2.10. The van der Waals surface area contributed by atoms with Crippen LogP contribution < -0.4 is 0 Å². The second-order valence-electron chi connectivity index (χ2n) is 3.58. The van der Waals surface area contributed by atoms with E-state index < -0.39 is 15.6 Å². The first kappa shape index (κ1) is 12.9. The number of aromatic nitrogens is 1. The number of rotatable bonds is 1. The van der Waals surface area contributed by atoms with Gasteiger partial charge in [0.1, 0.15) is 0 Å². The zero-order valence-electron chi connectivity index (χ0n) is 8.97. The first-order valence-electron chi connectivity index (χ1n) is 5.04. The predicted molar refractivity (Wildman–Crippen MR) is 72.4 cm³/mol. The van der Waals surface area contributed by atoms with E-state index in [1.165, 1.54) is 6.20 Å². The van der Waals surface area contributed by atoms with Gasteiger partial charge in [-0.2, -0.15) is 4.36 Å². The summed E-state index contributed by atoms with van der Waals surface area (Å²) in [6.45, 7) is 0.806. The van der Waals surface area contributed by atoms with Crippen LogP contribution in [0.1, 0.15) is 10.4 Å². The lowest BCUT2D eigenvalue weighted by Crippen LogP contribution is -2.26. The van der Waals surface area contributed by atoms with Crippen LogP contribution in [0, 0.1) is 3.57 Å². The Morgan fingerprint density at radius 2 is 2.12 bits per heavy atom. The molecule has 0 N–H and O–H groups in total. The van der Waals surface area contributed by atoms with Crippen LogP contribution in [0.15, 0.2) is 22.8 Å². The van der Waals surface area contributed by atoms with Crippen LogP contribution in [0.2, 0.25) is 0 Å².